The number of carbonyl (C=O) groups excluding carboxylic acids is 1. The molecule has 128 valence electrons. The van der Waals surface area contributed by atoms with Gasteiger partial charge in [0.25, 0.3) is 5.91 Å². The number of aromatic amines is 1. The minimum atomic E-state index is -3.20. The summed E-state index contributed by atoms with van der Waals surface area (Å²) in [7, 11) is -3.20. The van der Waals surface area contributed by atoms with Crippen molar-refractivity contribution in [2.24, 2.45) is 0 Å². The van der Waals surface area contributed by atoms with Crippen LogP contribution < -0.4 is 9.62 Å². The van der Waals surface area contributed by atoms with Crippen LogP contribution in [0.2, 0.25) is 0 Å². The van der Waals surface area contributed by atoms with Gasteiger partial charge in [-0.2, -0.15) is 0 Å². The third-order valence-corrected chi connectivity index (χ3v) is 6.06. The number of amides is 1. The molecule has 4 rings (SSSR count). The second kappa shape index (κ2) is 5.89. The van der Waals surface area contributed by atoms with Crippen molar-refractivity contribution in [3.8, 4) is 0 Å². The van der Waals surface area contributed by atoms with Gasteiger partial charge in [-0.15, -0.1) is 0 Å². The van der Waals surface area contributed by atoms with Crippen molar-refractivity contribution in [3.63, 3.8) is 0 Å². The lowest BCUT2D eigenvalue weighted by atomic mass is 10.2. The van der Waals surface area contributed by atoms with Gasteiger partial charge in [0.05, 0.1) is 28.8 Å². The largest absolute Gasteiger partial charge is 0.345 e. The molecule has 1 aliphatic rings. The molecule has 1 fully saturated rings. The summed E-state index contributed by atoms with van der Waals surface area (Å²) in [5.41, 5.74) is 3.34. The van der Waals surface area contributed by atoms with Gasteiger partial charge in [0, 0.05) is 17.8 Å². The first-order chi connectivity index (χ1) is 12.0. The van der Waals surface area contributed by atoms with Crippen LogP contribution in [-0.2, 0) is 10.0 Å². The van der Waals surface area contributed by atoms with Crippen molar-refractivity contribution in [1.29, 1.82) is 0 Å². The lowest BCUT2D eigenvalue weighted by molar-refractivity contribution is 0.102. The van der Waals surface area contributed by atoms with Crippen molar-refractivity contribution in [2.75, 3.05) is 21.9 Å². The van der Waals surface area contributed by atoms with Gasteiger partial charge in [0.1, 0.15) is 0 Å². The highest BCUT2D eigenvalue weighted by Crippen LogP contribution is 2.25. The molecule has 7 nitrogen and oxygen atoms in total. The number of rotatable bonds is 3. The summed E-state index contributed by atoms with van der Waals surface area (Å²) in [6.45, 7) is 0.498. The number of nitrogens with zero attached hydrogens (tertiary/aromatic N) is 2. The Bertz CT molecular complexity index is 1040. The van der Waals surface area contributed by atoms with E-state index < -0.39 is 10.0 Å². The fourth-order valence-corrected chi connectivity index (χ4v) is 4.49. The molecule has 0 unspecified atom stereocenters. The maximum absolute atomic E-state index is 12.4. The fraction of sp³-hybridized carbons (Fsp3) is 0.176. The van der Waals surface area contributed by atoms with E-state index in [0.717, 1.165) is 11.0 Å². The van der Waals surface area contributed by atoms with Crippen LogP contribution in [0.15, 0.2) is 48.8 Å². The number of H-pyrrole nitrogens is 1. The third kappa shape index (κ3) is 2.96. The number of aromatic nitrogens is 2. The summed E-state index contributed by atoms with van der Waals surface area (Å²) in [5.74, 6) is -0.0558. The Morgan fingerprint density at radius 2 is 1.96 bits per heavy atom. The molecule has 2 aromatic carbocycles. The number of anilines is 2. The average Bonchev–Trinajstić information content (AvgIpc) is 3.20. The van der Waals surface area contributed by atoms with Crippen molar-refractivity contribution in [2.45, 2.75) is 6.42 Å². The molecule has 1 amide bonds. The predicted octanol–water partition coefficient (Wildman–Crippen LogP) is 2.36. The van der Waals surface area contributed by atoms with Crippen molar-refractivity contribution >= 4 is 38.3 Å². The fourth-order valence-electron chi connectivity index (χ4n) is 2.92. The van der Waals surface area contributed by atoms with Crippen LogP contribution >= 0.6 is 0 Å². The number of nitrogens with one attached hydrogen (secondary N) is 2. The number of hydrogen-bond donors (Lipinski definition) is 2. The molecule has 1 aromatic heterocycles. The molecule has 0 radical (unpaired) electrons. The Labute approximate surface area is 144 Å². The van der Waals surface area contributed by atoms with Gasteiger partial charge in [-0.1, -0.05) is 0 Å². The Morgan fingerprint density at radius 3 is 2.68 bits per heavy atom. The summed E-state index contributed by atoms with van der Waals surface area (Å²) in [5, 5.41) is 2.81. The van der Waals surface area contributed by atoms with E-state index >= 15 is 0 Å². The van der Waals surface area contributed by atoms with E-state index in [1.807, 2.05) is 0 Å². The zero-order valence-corrected chi connectivity index (χ0v) is 14.1. The second-order valence-corrected chi connectivity index (χ2v) is 7.89. The molecule has 0 bridgehead atoms. The molecule has 1 saturated heterocycles. The van der Waals surface area contributed by atoms with Gasteiger partial charge in [-0.05, 0) is 48.9 Å². The summed E-state index contributed by atoms with van der Waals surface area (Å²) in [4.78, 5) is 19.5. The van der Waals surface area contributed by atoms with Crippen LogP contribution in [0.4, 0.5) is 11.4 Å². The molecule has 0 aliphatic carbocycles. The molecule has 3 aromatic rings. The first-order valence-corrected chi connectivity index (χ1v) is 9.49. The monoisotopic (exact) mass is 356 g/mol. The van der Waals surface area contributed by atoms with Crippen molar-refractivity contribution < 1.29 is 13.2 Å². The smallest absolute Gasteiger partial charge is 0.255 e. The molecule has 2 N–H and O–H groups in total. The van der Waals surface area contributed by atoms with Crippen LogP contribution in [0.1, 0.15) is 16.8 Å². The Balaban J connectivity index is 1.51. The molecule has 1 aliphatic heterocycles. The zero-order valence-electron chi connectivity index (χ0n) is 13.3. The van der Waals surface area contributed by atoms with Gasteiger partial charge >= 0.3 is 0 Å². The van der Waals surface area contributed by atoms with Crippen molar-refractivity contribution in [1.82, 2.24) is 9.97 Å². The van der Waals surface area contributed by atoms with E-state index in [2.05, 4.69) is 15.3 Å². The zero-order chi connectivity index (χ0) is 17.4. The first kappa shape index (κ1) is 15.6. The minimum Gasteiger partial charge on any atom is -0.345 e. The standard InChI is InChI=1S/C17H16N4O3S/c22-17(12-2-7-15-16(10-12)19-11-18-15)20-13-3-5-14(6-4-13)21-8-1-9-25(21,23)24/h2-7,10-11H,1,8-9H2,(H,18,19)(H,20,22). The highest BCUT2D eigenvalue weighted by atomic mass is 32.2. The number of carbonyl (C=O) groups is 1. The molecular formula is C17H16N4O3S. The van der Waals surface area contributed by atoms with Gasteiger partial charge in [-0.3, -0.25) is 9.10 Å². The van der Waals surface area contributed by atoms with Crippen LogP contribution in [0.3, 0.4) is 0 Å². The van der Waals surface area contributed by atoms with Gasteiger partial charge in [0.15, 0.2) is 0 Å². The Kier molecular flexibility index (Phi) is 3.69. The number of imidazole rings is 1. The van der Waals surface area contributed by atoms with Crippen LogP contribution in [0, 0.1) is 0 Å². The number of sulfonamides is 1. The van der Waals surface area contributed by atoms with Gasteiger partial charge in [-0.25, -0.2) is 13.4 Å². The first-order valence-electron chi connectivity index (χ1n) is 7.88. The summed E-state index contributed by atoms with van der Waals surface area (Å²) in [6.07, 6.45) is 2.22. The highest BCUT2D eigenvalue weighted by molar-refractivity contribution is 7.93. The second-order valence-electron chi connectivity index (χ2n) is 5.88. The molecule has 8 heteroatoms. The van der Waals surface area contributed by atoms with Gasteiger partial charge < -0.3 is 10.3 Å². The Morgan fingerprint density at radius 1 is 1.16 bits per heavy atom. The van der Waals surface area contributed by atoms with E-state index in [4.69, 9.17) is 0 Å². The van der Waals surface area contributed by atoms with Crippen LogP contribution in [0.5, 0.6) is 0 Å². The van der Waals surface area contributed by atoms with Crippen molar-refractivity contribution in [3.05, 3.63) is 54.4 Å². The normalized spacial score (nSPS) is 16.2. The SMILES string of the molecule is O=C(Nc1ccc(N2CCCS2(=O)=O)cc1)c1ccc2nc[nH]c2c1. The molecule has 0 saturated carbocycles. The number of hydrogen-bond acceptors (Lipinski definition) is 4. The van der Waals surface area contributed by atoms with E-state index in [1.54, 1.807) is 48.8 Å². The van der Waals surface area contributed by atoms with Gasteiger partial charge in [0.2, 0.25) is 10.0 Å². The minimum absolute atomic E-state index is 0.182. The number of fused-ring (bicyclic) bond motifs is 1. The molecule has 0 atom stereocenters. The topological polar surface area (TPSA) is 95.2 Å². The quantitative estimate of drug-likeness (QED) is 0.753. The maximum atomic E-state index is 12.4. The summed E-state index contributed by atoms with van der Waals surface area (Å²) in [6, 6.07) is 12.0. The molecule has 2 heterocycles. The summed E-state index contributed by atoms with van der Waals surface area (Å²) >= 11 is 0. The summed E-state index contributed by atoms with van der Waals surface area (Å²) < 4.78 is 25.3. The van der Waals surface area contributed by atoms with Crippen LogP contribution in [0.25, 0.3) is 11.0 Å². The molecule has 0 spiro atoms. The highest BCUT2D eigenvalue weighted by Gasteiger charge is 2.28. The number of benzene rings is 2. The predicted molar refractivity (Wildman–Crippen MR) is 96.2 cm³/mol. The van der Waals surface area contributed by atoms with E-state index in [9.17, 15) is 13.2 Å². The van der Waals surface area contributed by atoms with E-state index in [-0.39, 0.29) is 11.7 Å². The lowest BCUT2D eigenvalue weighted by Gasteiger charge is -2.17. The third-order valence-electron chi connectivity index (χ3n) is 4.19. The van der Waals surface area contributed by atoms with E-state index in [1.165, 1.54) is 4.31 Å². The van der Waals surface area contributed by atoms with E-state index in [0.29, 0.717) is 29.9 Å². The maximum Gasteiger partial charge on any atom is 0.255 e. The van der Waals surface area contributed by atoms with Crippen LogP contribution in [-0.4, -0.2) is 36.6 Å². The lowest BCUT2D eigenvalue weighted by Crippen LogP contribution is -2.24. The molecular weight excluding hydrogens is 340 g/mol. The average molecular weight is 356 g/mol. The Hall–Kier alpha value is -2.87. The molecule has 25 heavy (non-hydrogen) atoms.